The molecule has 0 N–H and O–H groups in total. The highest BCUT2D eigenvalue weighted by Gasteiger charge is 2.35. The molecular weight excluding hydrogens is 274 g/mol. The van der Waals surface area contributed by atoms with E-state index in [1.807, 2.05) is 13.8 Å². The molecule has 21 heavy (non-hydrogen) atoms. The third kappa shape index (κ3) is 4.21. The molecule has 0 aliphatic heterocycles. The fourth-order valence-electron chi connectivity index (χ4n) is 1.83. The molecule has 0 atom stereocenters. The lowest BCUT2D eigenvalue weighted by Gasteiger charge is -2.14. The fraction of sp³-hybridized carbons (Fsp3) is 0.643. The molecule has 1 heterocycles. The van der Waals surface area contributed by atoms with E-state index in [-0.39, 0.29) is 19.0 Å². The quantitative estimate of drug-likeness (QED) is 0.551. The lowest BCUT2D eigenvalue weighted by molar-refractivity contribution is -0.157. The summed E-state index contributed by atoms with van der Waals surface area (Å²) in [4.78, 5) is 28.3. The van der Waals surface area contributed by atoms with E-state index in [9.17, 15) is 9.59 Å². The summed E-state index contributed by atoms with van der Waals surface area (Å²) in [6.07, 6.45) is 1.33. The number of carbonyl (C=O) groups excluding carboxylic acids is 2. The maximum absolute atomic E-state index is 12.0. The van der Waals surface area contributed by atoms with Gasteiger partial charge in [-0.2, -0.15) is 5.10 Å². The summed E-state index contributed by atoms with van der Waals surface area (Å²) in [6, 6.07) is 0. The van der Waals surface area contributed by atoms with E-state index in [1.165, 1.54) is 0 Å². The first-order valence-corrected chi connectivity index (χ1v) is 7.14. The van der Waals surface area contributed by atoms with Crippen LogP contribution in [0.2, 0.25) is 0 Å². The topological polar surface area (TPSA) is 91.3 Å². The fourth-order valence-corrected chi connectivity index (χ4v) is 1.83. The number of aromatic nitrogens is 3. The predicted octanol–water partition coefficient (Wildman–Crippen LogP) is 1.21. The highest BCUT2D eigenvalue weighted by molar-refractivity contribution is 5.99. The van der Waals surface area contributed by atoms with Crippen LogP contribution in [0.25, 0.3) is 0 Å². The van der Waals surface area contributed by atoms with Gasteiger partial charge in [-0.3, -0.25) is 9.59 Å². The van der Waals surface area contributed by atoms with E-state index in [0.717, 1.165) is 11.4 Å². The van der Waals surface area contributed by atoms with Crippen LogP contribution in [0.5, 0.6) is 0 Å². The summed E-state index contributed by atoms with van der Waals surface area (Å²) in [5.41, 5.74) is 1.48. The van der Waals surface area contributed by atoms with E-state index in [4.69, 9.17) is 9.47 Å². The van der Waals surface area contributed by atoms with Gasteiger partial charge in [0.05, 0.1) is 24.6 Å². The van der Waals surface area contributed by atoms with Gasteiger partial charge in [0.2, 0.25) is 5.92 Å². The monoisotopic (exact) mass is 295 g/mol. The van der Waals surface area contributed by atoms with Gasteiger partial charge >= 0.3 is 11.9 Å². The molecule has 0 aliphatic carbocycles. The molecule has 0 amide bonds. The average molecular weight is 295 g/mol. The Labute approximate surface area is 124 Å². The molecule has 116 valence electrons. The maximum Gasteiger partial charge on any atom is 0.328 e. The van der Waals surface area contributed by atoms with Crippen molar-refractivity contribution < 1.29 is 19.1 Å². The Morgan fingerprint density at radius 3 is 1.86 bits per heavy atom. The molecule has 0 aliphatic rings. The smallest absolute Gasteiger partial charge is 0.328 e. The zero-order chi connectivity index (χ0) is 15.8. The van der Waals surface area contributed by atoms with Gasteiger partial charge in [0, 0.05) is 0 Å². The minimum Gasteiger partial charge on any atom is -0.465 e. The van der Waals surface area contributed by atoms with Crippen LogP contribution in [0.3, 0.4) is 0 Å². The van der Waals surface area contributed by atoms with Crippen LogP contribution in [-0.2, 0) is 31.9 Å². The molecule has 1 aromatic rings. The number of nitrogens with zero attached hydrogens (tertiary/aromatic N) is 3. The zero-order valence-electron chi connectivity index (χ0n) is 12.9. The third-order valence-electron chi connectivity index (χ3n) is 2.83. The lowest BCUT2D eigenvalue weighted by Crippen LogP contribution is -2.29. The molecule has 1 rings (SSSR count). The number of hydrogen-bond acceptors (Lipinski definition) is 7. The average Bonchev–Trinajstić information content (AvgIpc) is 2.47. The van der Waals surface area contributed by atoms with Crippen molar-refractivity contribution in [2.75, 3.05) is 13.2 Å². The van der Waals surface area contributed by atoms with Crippen LogP contribution < -0.4 is 0 Å². The minimum absolute atomic E-state index is 0.0287. The summed E-state index contributed by atoms with van der Waals surface area (Å²) in [5.74, 6) is -2.69. The molecule has 0 fully saturated rings. The number of esters is 2. The molecule has 7 nitrogen and oxygen atoms in total. The molecule has 0 aromatic carbocycles. The van der Waals surface area contributed by atoms with Crippen LogP contribution >= 0.6 is 0 Å². The summed E-state index contributed by atoms with van der Waals surface area (Å²) >= 11 is 0. The highest BCUT2D eigenvalue weighted by Crippen LogP contribution is 2.17. The molecule has 7 heteroatoms. The van der Waals surface area contributed by atoms with Crippen molar-refractivity contribution in [1.29, 1.82) is 0 Å². The van der Waals surface area contributed by atoms with Crippen LogP contribution in [0, 0.1) is 0 Å². The molecule has 0 spiro atoms. The van der Waals surface area contributed by atoms with E-state index in [1.54, 1.807) is 13.8 Å². The first-order chi connectivity index (χ1) is 10.1. The van der Waals surface area contributed by atoms with Crippen molar-refractivity contribution in [3.63, 3.8) is 0 Å². The molecule has 0 saturated heterocycles. The van der Waals surface area contributed by atoms with Gasteiger partial charge < -0.3 is 9.47 Å². The second kappa shape index (κ2) is 8.28. The normalized spacial score (nSPS) is 10.5. The van der Waals surface area contributed by atoms with Crippen LogP contribution in [0.1, 0.15) is 50.8 Å². The first kappa shape index (κ1) is 17.0. The highest BCUT2D eigenvalue weighted by atomic mass is 16.6. The molecule has 0 unspecified atom stereocenters. The Hall–Kier alpha value is -2.05. The number of carbonyl (C=O) groups is 2. The second-order valence-electron chi connectivity index (χ2n) is 4.21. The van der Waals surface area contributed by atoms with E-state index in [2.05, 4.69) is 15.2 Å². The summed E-state index contributed by atoms with van der Waals surface area (Å²) in [5, 5.41) is 7.95. The largest absolute Gasteiger partial charge is 0.465 e. The predicted molar refractivity (Wildman–Crippen MR) is 74.6 cm³/mol. The zero-order valence-corrected chi connectivity index (χ0v) is 12.9. The van der Waals surface area contributed by atoms with Crippen molar-refractivity contribution in [3.05, 3.63) is 17.2 Å². The Kier molecular flexibility index (Phi) is 6.71. The van der Waals surface area contributed by atoms with Gasteiger partial charge in [-0.1, -0.05) is 13.8 Å². The van der Waals surface area contributed by atoms with Crippen molar-refractivity contribution in [1.82, 2.24) is 15.2 Å². The van der Waals surface area contributed by atoms with Crippen molar-refractivity contribution in [2.24, 2.45) is 0 Å². The summed E-state index contributed by atoms with van der Waals surface area (Å²) in [6.45, 7) is 7.52. The van der Waals surface area contributed by atoms with Crippen molar-refractivity contribution in [3.8, 4) is 0 Å². The van der Waals surface area contributed by atoms with Crippen LogP contribution in [0.15, 0.2) is 0 Å². The van der Waals surface area contributed by atoms with E-state index >= 15 is 0 Å². The van der Waals surface area contributed by atoms with Gasteiger partial charge in [-0.15, -0.1) is 5.10 Å². The van der Waals surface area contributed by atoms with Crippen molar-refractivity contribution >= 4 is 11.9 Å². The second-order valence-corrected chi connectivity index (χ2v) is 4.21. The first-order valence-electron chi connectivity index (χ1n) is 7.14. The third-order valence-corrected chi connectivity index (χ3v) is 2.83. The maximum atomic E-state index is 12.0. The van der Waals surface area contributed by atoms with Gasteiger partial charge in [-0.05, 0) is 26.7 Å². The minimum atomic E-state index is -1.28. The molecule has 0 saturated carbocycles. The molecule has 0 radical (unpaired) electrons. The van der Waals surface area contributed by atoms with Crippen molar-refractivity contribution in [2.45, 2.75) is 46.5 Å². The number of ether oxygens (including phenoxy) is 2. The van der Waals surface area contributed by atoms with Gasteiger partial charge in [0.15, 0.2) is 5.82 Å². The van der Waals surface area contributed by atoms with E-state index < -0.39 is 17.9 Å². The molecule has 1 aromatic heterocycles. The van der Waals surface area contributed by atoms with Crippen LogP contribution in [0.4, 0.5) is 0 Å². The number of hydrogen-bond donors (Lipinski definition) is 0. The summed E-state index contributed by atoms with van der Waals surface area (Å²) < 4.78 is 9.82. The SMILES string of the molecule is CCOC(=O)C(C(=O)OCC)c1nnc(CC)c(CC)n1. The Morgan fingerprint density at radius 1 is 0.905 bits per heavy atom. The number of aryl methyl sites for hydroxylation is 2. The standard InChI is InChI=1S/C14H21N3O4/c1-5-9-10(6-2)16-17-12(15-9)11(13(18)20-7-3)14(19)21-8-4/h11H,5-8H2,1-4H3. The lowest BCUT2D eigenvalue weighted by atomic mass is 10.1. The van der Waals surface area contributed by atoms with Crippen LogP contribution in [-0.4, -0.2) is 40.3 Å². The number of rotatable bonds is 7. The van der Waals surface area contributed by atoms with Gasteiger partial charge in [0.25, 0.3) is 0 Å². The van der Waals surface area contributed by atoms with Gasteiger partial charge in [-0.25, -0.2) is 4.98 Å². The van der Waals surface area contributed by atoms with E-state index in [0.29, 0.717) is 12.8 Å². The Balaban J connectivity index is 3.19. The molecule has 0 bridgehead atoms. The Bertz CT molecular complexity index is 487. The van der Waals surface area contributed by atoms with Gasteiger partial charge in [0.1, 0.15) is 0 Å². The summed E-state index contributed by atoms with van der Waals surface area (Å²) in [7, 11) is 0. The molecular formula is C14H21N3O4. The Morgan fingerprint density at radius 2 is 1.43 bits per heavy atom.